The van der Waals surface area contributed by atoms with Crippen molar-refractivity contribution in [2.45, 2.75) is 17.3 Å². The minimum atomic E-state index is -2.56. The van der Waals surface area contributed by atoms with E-state index < -0.39 is 23.4 Å². The lowest BCUT2D eigenvalue weighted by atomic mass is 10.2. The third-order valence-corrected chi connectivity index (χ3v) is 4.97. The van der Waals surface area contributed by atoms with Crippen LogP contribution < -0.4 is 11.1 Å². The van der Waals surface area contributed by atoms with Crippen LogP contribution in [0.5, 0.6) is 0 Å². The number of aromatic amines is 1. The molecule has 1 aromatic carbocycles. The van der Waals surface area contributed by atoms with Crippen molar-refractivity contribution < 1.29 is 13.2 Å². The molecular weight excluding hydrogens is 409 g/mol. The molecule has 0 fully saturated rings. The summed E-state index contributed by atoms with van der Waals surface area (Å²) in [6.07, 6.45) is 0.492. The molecule has 8 nitrogen and oxygen atoms in total. The first kappa shape index (κ1) is 18.9. The van der Waals surface area contributed by atoms with Crippen molar-refractivity contribution >= 4 is 17.3 Å². The highest BCUT2D eigenvalue weighted by Crippen LogP contribution is 2.24. The SMILES string of the molecule is O=c1cnc(-n2c(SCc3ccc(C(F)F)cc3)nn3ncc(F)c3c2=O)c[nH]1. The quantitative estimate of drug-likeness (QED) is 0.498. The number of thioether (sulfide) groups is 1. The van der Waals surface area contributed by atoms with Gasteiger partial charge < -0.3 is 4.98 Å². The average molecular weight is 420 g/mol. The number of alkyl halides is 2. The summed E-state index contributed by atoms with van der Waals surface area (Å²) in [5.74, 6) is -0.519. The Labute approximate surface area is 164 Å². The molecule has 0 aliphatic carbocycles. The summed E-state index contributed by atoms with van der Waals surface area (Å²) in [7, 11) is 0. The normalized spacial score (nSPS) is 11.4. The molecule has 0 aliphatic rings. The summed E-state index contributed by atoms with van der Waals surface area (Å²) in [6, 6.07) is 5.72. The van der Waals surface area contributed by atoms with Crippen LogP contribution in [0.4, 0.5) is 13.2 Å². The molecule has 0 amide bonds. The van der Waals surface area contributed by atoms with Crippen LogP contribution in [0, 0.1) is 5.82 Å². The lowest BCUT2D eigenvalue weighted by molar-refractivity contribution is 0.151. The van der Waals surface area contributed by atoms with Gasteiger partial charge in [0, 0.05) is 17.5 Å². The van der Waals surface area contributed by atoms with E-state index in [0.717, 1.165) is 33.4 Å². The first-order chi connectivity index (χ1) is 13.9. The van der Waals surface area contributed by atoms with Crippen molar-refractivity contribution in [1.82, 2.24) is 29.4 Å². The van der Waals surface area contributed by atoms with E-state index in [2.05, 4.69) is 20.2 Å². The monoisotopic (exact) mass is 420 g/mol. The third-order valence-electron chi connectivity index (χ3n) is 3.97. The molecule has 3 aromatic heterocycles. The second-order valence-electron chi connectivity index (χ2n) is 5.85. The molecule has 0 saturated heterocycles. The van der Waals surface area contributed by atoms with Gasteiger partial charge in [0.1, 0.15) is 0 Å². The van der Waals surface area contributed by atoms with E-state index in [1.165, 1.54) is 18.3 Å². The standard InChI is InChI=1S/C17H11F3N6O2S/c18-11-5-23-26-14(11)16(28)25(12-6-22-13(27)7-21-12)17(24-26)29-8-9-1-3-10(4-2-9)15(19)20/h1-7,15H,8H2,(H,22,27). The van der Waals surface area contributed by atoms with Gasteiger partial charge in [0.2, 0.25) is 0 Å². The molecule has 29 heavy (non-hydrogen) atoms. The van der Waals surface area contributed by atoms with Crippen molar-refractivity contribution in [1.29, 1.82) is 0 Å². The van der Waals surface area contributed by atoms with Gasteiger partial charge in [0.15, 0.2) is 22.3 Å². The maximum absolute atomic E-state index is 14.0. The van der Waals surface area contributed by atoms with E-state index in [1.807, 2.05) is 0 Å². The highest BCUT2D eigenvalue weighted by Gasteiger charge is 2.19. The predicted octanol–water partition coefficient (Wildman–Crippen LogP) is 2.33. The van der Waals surface area contributed by atoms with Crippen molar-refractivity contribution in [3.8, 4) is 5.82 Å². The zero-order valence-corrected chi connectivity index (χ0v) is 15.2. The van der Waals surface area contributed by atoms with E-state index in [9.17, 15) is 22.8 Å². The van der Waals surface area contributed by atoms with Crippen molar-refractivity contribution in [2.75, 3.05) is 0 Å². The number of halogens is 3. The van der Waals surface area contributed by atoms with Crippen LogP contribution in [0.3, 0.4) is 0 Å². The van der Waals surface area contributed by atoms with Crippen LogP contribution in [-0.4, -0.2) is 29.4 Å². The molecular formula is C17H11F3N6O2S. The van der Waals surface area contributed by atoms with Crippen molar-refractivity contribution in [3.05, 3.63) is 80.5 Å². The fourth-order valence-electron chi connectivity index (χ4n) is 2.56. The molecule has 0 radical (unpaired) electrons. The second-order valence-corrected chi connectivity index (χ2v) is 6.80. The van der Waals surface area contributed by atoms with Gasteiger partial charge >= 0.3 is 0 Å². The van der Waals surface area contributed by atoms with E-state index in [1.54, 1.807) is 12.1 Å². The lowest BCUT2D eigenvalue weighted by Gasteiger charge is -2.11. The predicted molar refractivity (Wildman–Crippen MR) is 97.9 cm³/mol. The molecule has 0 unspecified atom stereocenters. The zero-order chi connectivity index (χ0) is 20.5. The Hall–Kier alpha value is -3.41. The van der Waals surface area contributed by atoms with Gasteiger partial charge in [-0.05, 0) is 5.56 Å². The van der Waals surface area contributed by atoms with Gasteiger partial charge in [0.25, 0.3) is 17.5 Å². The zero-order valence-electron chi connectivity index (χ0n) is 14.4. The maximum atomic E-state index is 14.0. The molecule has 3 heterocycles. The lowest BCUT2D eigenvalue weighted by Crippen LogP contribution is -2.26. The van der Waals surface area contributed by atoms with Gasteiger partial charge in [-0.25, -0.2) is 22.7 Å². The van der Waals surface area contributed by atoms with Crippen LogP contribution in [-0.2, 0) is 5.75 Å². The first-order valence-corrected chi connectivity index (χ1v) is 9.14. The number of nitrogens with zero attached hydrogens (tertiary/aromatic N) is 5. The van der Waals surface area contributed by atoms with Crippen LogP contribution in [0.1, 0.15) is 17.6 Å². The molecule has 0 bridgehead atoms. The van der Waals surface area contributed by atoms with Gasteiger partial charge in [-0.1, -0.05) is 36.0 Å². The average Bonchev–Trinajstić information content (AvgIpc) is 3.08. The van der Waals surface area contributed by atoms with Gasteiger partial charge in [-0.15, -0.1) is 9.73 Å². The minimum absolute atomic E-state index is 0.0424. The Morgan fingerprint density at radius 1 is 1.14 bits per heavy atom. The number of rotatable bonds is 5. The molecule has 4 aromatic rings. The van der Waals surface area contributed by atoms with Crippen LogP contribution in [0.2, 0.25) is 0 Å². The Morgan fingerprint density at radius 2 is 1.90 bits per heavy atom. The summed E-state index contributed by atoms with van der Waals surface area (Å²) in [5.41, 5.74) is -0.991. The van der Waals surface area contributed by atoms with E-state index >= 15 is 0 Å². The number of aromatic nitrogens is 6. The van der Waals surface area contributed by atoms with Crippen molar-refractivity contribution in [3.63, 3.8) is 0 Å². The summed E-state index contributed by atoms with van der Waals surface area (Å²) in [6.45, 7) is 0. The van der Waals surface area contributed by atoms with Gasteiger partial charge in [-0.2, -0.15) is 5.10 Å². The second kappa shape index (κ2) is 7.54. The molecule has 0 atom stereocenters. The molecule has 12 heteroatoms. The largest absolute Gasteiger partial charge is 0.324 e. The number of H-pyrrole nitrogens is 1. The fourth-order valence-corrected chi connectivity index (χ4v) is 3.49. The highest BCUT2D eigenvalue weighted by atomic mass is 32.2. The molecule has 0 aliphatic heterocycles. The summed E-state index contributed by atoms with van der Waals surface area (Å²) >= 11 is 1.10. The summed E-state index contributed by atoms with van der Waals surface area (Å²) in [5, 5.41) is 8.00. The Bertz CT molecular complexity index is 1280. The molecule has 148 valence electrons. The Balaban J connectivity index is 1.76. The first-order valence-electron chi connectivity index (χ1n) is 8.15. The summed E-state index contributed by atoms with van der Waals surface area (Å²) < 4.78 is 41.3. The van der Waals surface area contributed by atoms with Crippen LogP contribution in [0.15, 0.2) is 57.6 Å². The fraction of sp³-hybridized carbons (Fsp3) is 0.118. The van der Waals surface area contributed by atoms with Crippen LogP contribution >= 0.6 is 11.8 Å². The van der Waals surface area contributed by atoms with Gasteiger partial charge in [-0.3, -0.25) is 9.59 Å². The smallest absolute Gasteiger partial charge is 0.289 e. The maximum Gasteiger partial charge on any atom is 0.289 e. The molecule has 0 spiro atoms. The number of nitrogens with one attached hydrogen (secondary N) is 1. The number of fused-ring (bicyclic) bond motifs is 1. The van der Waals surface area contributed by atoms with Gasteiger partial charge in [0.05, 0.1) is 12.4 Å². The van der Waals surface area contributed by atoms with E-state index in [4.69, 9.17) is 0 Å². The topological polar surface area (TPSA) is 97.9 Å². The Morgan fingerprint density at radius 3 is 2.55 bits per heavy atom. The van der Waals surface area contributed by atoms with E-state index in [0.29, 0.717) is 5.56 Å². The van der Waals surface area contributed by atoms with Crippen LogP contribution in [0.25, 0.3) is 11.3 Å². The third kappa shape index (κ3) is 3.66. The molecule has 0 saturated carbocycles. The number of hydrogen-bond acceptors (Lipinski definition) is 6. The molecule has 1 N–H and O–H groups in total. The highest BCUT2D eigenvalue weighted by molar-refractivity contribution is 7.98. The summed E-state index contributed by atoms with van der Waals surface area (Å²) in [4.78, 5) is 30.4. The molecule has 4 rings (SSSR count). The number of benzene rings is 1. The van der Waals surface area contributed by atoms with Crippen molar-refractivity contribution in [2.24, 2.45) is 0 Å². The Kier molecular flexibility index (Phi) is 4.92. The van der Waals surface area contributed by atoms with E-state index in [-0.39, 0.29) is 27.8 Å². The number of hydrogen-bond donors (Lipinski definition) is 1. The minimum Gasteiger partial charge on any atom is -0.324 e.